The van der Waals surface area contributed by atoms with Crippen LogP contribution in [0.5, 0.6) is 0 Å². The van der Waals surface area contributed by atoms with Gasteiger partial charge in [-0.05, 0) is 44.2 Å². The highest BCUT2D eigenvalue weighted by molar-refractivity contribution is 7.98. The zero-order valence-corrected chi connectivity index (χ0v) is 17.6. The van der Waals surface area contributed by atoms with Crippen molar-refractivity contribution < 1.29 is 17.6 Å². The van der Waals surface area contributed by atoms with E-state index in [1.165, 1.54) is 23.9 Å². The summed E-state index contributed by atoms with van der Waals surface area (Å²) in [5, 5.41) is 0.714. The normalized spacial score (nSPS) is 11.6. The molecule has 0 fully saturated rings. The van der Waals surface area contributed by atoms with Crippen LogP contribution in [0.3, 0.4) is 0 Å². The van der Waals surface area contributed by atoms with E-state index >= 15 is 0 Å². The van der Waals surface area contributed by atoms with Crippen molar-refractivity contribution in [3.8, 4) is 22.8 Å². The molecule has 2 aromatic heterocycles. The van der Waals surface area contributed by atoms with E-state index in [9.17, 15) is 13.2 Å². The first-order chi connectivity index (χ1) is 14.8. The van der Waals surface area contributed by atoms with Gasteiger partial charge in [-0.1, -0.05) is 42.1 Å². The van der Waals surface area contributed by atoms with E-state index in [0.29, 0.717) is 28.1 Å². The third-order valence-electron chi connectivity index (χ3n) is 4.57. The van der Waals surface area contributed by atoms with Crippen LogP contribution < -0.4 is 0 Å². The van der Waals surface area contributed by atoms with E-state index in [0.717, 1.165) is 34.8 Å². The molecule has 4 nitrogen and oxygen atoms in total. The molecule has 4 rings (SSSR count). The van der Waals surface area contributed by atoms with E-state index in [2.05, 4.69) is 15.0 Å². The molecule has 4 aromatic rings. The Hall–Kier alpha value is -3.13. The molecule has 158 valence electrons. The number of thioether (sulfide) groups is 1. The largest absolute Gasteiger partial charge is 0.441 e. The average Bonchev–Trinajstić information content (AvgIpc) is 3.12. The number of aryl methyl sites for hydroxylation is 2. The van der Waals surface area contributed by atoms with Crippen molar-refractivity contribution in [3.05, 3.63) is 83.4 Å². The molecule has 0 aliphatic carbocycles. The second-order valence-electron chi connectivity index (χ2n) is 6.92. The Labute approximate surface area is 181 Å². The van der Waals surface area contributed by atoms with Crippen LogP contribution in [0.4, 0.5) is 13.2 Å². The summed E-state index contributed by atoms with van der Waals surface area (Å²) >= 11 is 1.47. The summed E-state index contributed by atoms with van der Waals surface area (Å²) in [5.74, 6) is 2.24. The van der Waals surface area contributed by atoms with Gasteiger partial charge in [0.1, 0.15) is 10.8 Å². The van der Waals surface area contributed by atoms with Crippen LogP contribution in [0.1, 0.15) is 22.7 Å². The van der Waals surface area contributed by atoms with E-state index in [1.54, 1.807) is 0 Å². The molecular formula is C23H18F3N3OS. The second-order valence-corrected chi connectivity index (χ2v) is 7.92. The van der Waals surface area contributed by atoms with Crippen LogP contribution in [0, 0.1) is 13.8 Å². The molecule has 0 radical (unpaired) electrons. The van der Waals surface area contributed by atoms with Crippen molar-refractivity contribution in [2.24, 2.45) is 0 Å². The van der Waals surface area contributed by atoms with Crippen LogP contribution in [0.15, 0.2) is 70.1 Å². The first kappa shape index (κ1) is 21.1. The number of oxazole rings is 1. The quantitative estimate of drug-likeness (QED) is 0.254. The summed E-state index contributed by atoms with van der Waals surface area (Å²) in [4.78, 5) is 13.5. The van der Waals surface area contributed by atoms with Gasteiger partial charge >= 0.3 is 6.18 Å². The number of aromatic nitrogens is 3. The van der Waals surface area contributed by atoms with Crippen LogP contribution >= 0.6 is 11.8 Å². The molecule has 0 N–H and O–H groups in total. The van der Waals surface area contributed by atoms with Crippen LogP contribution in [-0.4, -0.2) is 15.0 Å². The highest BCUT2D eigenvalue weighted by Gasteiger charge is 2.30. The van der Waals surface area contributed by atoms with Gasteiger partial charge < -0.3 is 4.42 Å². The molecule has 0 atom stereocenters. The molecule has 0 aliphatic heterocycles. The Bertz CT molecular complexity index is 1190. The topological polar surface area (TPSA) is 51.8 Å². The zero-order valence-electron chi connectivity index (χ0n) is 16.8. The van der Waals surface area contributed by atoms with E-state index in [1.807, 2.05) is 50.2 Å². The average molecular weight is 441 g/mol. The van der Waals surface area contributed by atoms with Gasteiger partial charge in [-0.3, -0.25) is 0 Å². The number of hydrogen-bond donors (Lipinski definition) is 0. The lowest BCUT2D eigenvalue weighted by molar-refractivity contribution is -0.137. The molecule has 8 heteroatoms. The van der Waals surface area contributed by atoms with E-state index in [4.69, 9.17) is 4.42 Å². The van der Waals surface area contributed by atoms with Gasteiger partial charge in [0, 0.05) is 22.6 Å². The summed E-state index contributed by atoms with van der Waals surface area (Å²) in [6.07, 6.45) is -4.37. The number of nitrogens with zero attached hydrogens (tertiary/aromatic N) is 3. The Morgan fingerprint density at radius 1 is 0.871 bits per heavy atom. The molecule has 31 heavy (non-hydrogen) atoms. The summed E-state index contributed by atoms with van der Waals surface area (Å²) < 4.78 is 44.2. The maximum absolute atomic E-state index is 12.8. The smallest absolute Gasteiger partial charge is 0.416 e. The standard InChI is InChI=1S/C23H18F3N3OS/c1-14-12-20(29-21(27-14)16-8-10-18(11-9-16)23(24,25)26)31-13-19-15(2)30-22(28-19)17-6-4-3-5-7-17/h3-12H,13H2,1-2H3. The first-order valence-electron chi connectivity index (χ1n) is 9.47. The fourth-order valence-electron chi connectivity index (χ4n) is 2.96. The molecule has 2 aromatic carbocycles. The van der Waals surface area contributed by atoms with Gasteiger partial charge in [-0.25, -0.2) is 15.0 Å². The van der Waals surface area contributed by atoms with Gasteiger partial charge in [0.2, 0.25) is 5.89 Å². The molecule has 0 aliphatic rings. The highest BCUT2D eigenvalue weighted by atomic mass is 32.2. The van der Waals surface area contributed by atoms with Crippen molar-refractivity contribution in [1.29, 1.82) is 0 Å². The Balaban J connectivity index is 1.53. The molecule has 0 spiro atoms. The minimum atomic E-state index is -4.37. The molecule has 2 heterocycles. The summed E-state index contributed by atoms with van der Waals surface area (Å²) in [6.45, 7) is 3.70. The van der Waals surface area contributed by atoms with Gasteiger partial charge in [-0.15, -0.1) is 0 Å². The second kappa shape index (κ2) is 8.55. The Morgan fingerprint density at radius 2 is 1.58 bits per heavy atom. The summed E-state index contributed by atoms with van der Waals surface area (Å²) in [7, 11) is 0. The Morgan fingerprint density at radius 3 is 2.26 bits per heavy atom. The number of alkyl halides is 3. The monoisotopic (exact) mass is 441 g/mol. The van der Waals surface area contributed by atoms with Crippen LogP contribution in [0.2, 0.25) is 0 Å². The third-order valence-corrected chi connectivity index (χ3v) is 5.49. The lowest BCUT2D eigenvalue weighted by atomic mass is 10.1. The fourth-order valence-corrected chi connectivity index (χ4v) is 3.92. The van der Waals surface area contributed by atoms with Crippen molar-refractivity contribution in [1.82, 2.24) is 15.0 Å². The Kier molecular flexibility index (Phi) is 5.82. The van der Waals surface area contributed by atoms with Gasteiger partial charge in [-0.2, -0.15) is 13.2 Å². The number of benzene rings is 2. The molecular weight excluding hydrogens is 423 g/mol. The summed E-state index contributed by atoms with van der Waals surface area (Å²) in [6, 6.07) is 16.4. The molecule has 0 unspecified atom stereocenters. The predicted molar refractivity (Wildman–Crippen MR) is 113 cm³/mol. The molecule has 0 bridgehead atoms. The van der Waals surface area contributed by atoms with E-state index < -0.39 is 11.7 Å². The number of hydrogen-bond acceptors (Lipinski definition) is 5. The highest BCUT2D eigenvalue weighted by Crippen LogP contribution is 2.31. The lowest BCUT2D eigenvalue weighted by Gasteiger charge is -2.08. The fraction of sp³-hybridized carbons (Fsp3) is 0.174. The lowest BCUT2D eigenvalue weighted by Crippen LogP contribution is -2.04. The maximum Gasteiger partial charge on any atom is 0.416 e. The van der Waals surface area contributed by atoms with E-state index in [-0.39, 0.29) is 0 Å². The van der Waals surface area contributed by atoms with Crippen molar-refractivity contribution >= 4 is 11.8 Å². The number of halogens is 3. The predicted octanol–water partition coefficient (Wildman–Crippen LogP) is 6.73. The molecule has 0 saturated carbocycles. The SMILES string of the molecule is Cc1cc(SCc2nc(-c3ccccc3)oc2C)nc(-c2ccc(C(F)(F)F)cc2)n1. The maximum atomic E-state index is 12.8. The minimum Gasteiger partial charge on any atom is -0.441 e. The van der Waals surface area contributed by atoms with Crippen molar-refractivity contribution in [2.75, 3.05) is 0 Å². The van der Waals surface area contributed by atoms with Gasteiger partial charge in [0.05, 0.1) is 11.3 Å². The van der Waals surface area contributed by atoms with Crippen LogP contribution in [-0.2, 0) is 11.9 Å². The summed E-state index contributed by atoms with van der Waals surface area (Å²) in [5.41, 5.74) is 2.28. The first-order valence-corrected chi connectivity index (χ1v) is 10.5. The van der Waals surface area contributed by atoms with Crippen molar-refractivity contribution in [2.45, 2.75) is 30.8 Å². The minimum absolute atomic E-state index is 0.387. The van der Waals surface area contributed by atoms with Gasteiger partial charge in [0.15, 0.2) is 5.82 Å². The van der Waals surface area contributed by atoms with Crippen molar-refractivity contribution in [3.63, 3.8) is 0 Å². The number of rotatable bonds is 5. The molecule has 0 amide bonds. The molecule has 0 saturated heterocycles. The van der Waals surface area contributed by atoms with Crippen LogP contribution in [0.25, 0.3) is 22.8 Å². The van der Waals surface area contributed by atoms with Gasteiger partial charge in [0.25, 0.3) is 0 Å². The third kappa shape index (κ3) is 4.96. The zero-order chi connectivity index (χ0) is 22.0.